The van der Waals surface area contributed by atoms with E-state index < -0.39 is 12.3 Å². The van der Waals surface area contributed by atoms with Gasteiger partial charge in [-0.2, -0.15) is 0 Å². The van der Waals surface area contributed by atoms with Crippen LogP contribution in [-0.4, -0.2) is 41.7 Å². The van der Waals surface area contributed by atoms with Crippen LogP contribution < -0.4 is 4.90 Å². The molecule has 0 saturated carbocycles. The number of carbonyl (C=O) groups excluding carboxylic acids is 1. The van der Waals surface area contributed by atoms with Crippen LogP contribution in [0.2, 0.25) is 5.15 Å². The number of hydrogen-bond donors (Lipinski definition) is 1. The van der Waals surface area contributed by atoms with Gasteiger partial charge in [0.25, 0.3) is 0 Å². The Bertz CT molecular complexity index is 430. The minimum atomic E-state index is -1.20. The number of halogens is 2. The number of carbonyl (C=O) groups is 1. The lowest BCUT2D eigenvalue weighted by atomic mass is 10.1. The van der Waals surface area contributed by atoms with E-state index in [4.69, 9.17) is 11.6 Å². The van der Waals surface area contributed by atoms with E-state index in [1.54, 1.807) is 17.0 Å². The molecule has 1 aliphatic heterocycles. The third-order valence-electron chi connectivity index (χ3n) is 2.82. The SMILES string of the molecule is O=Cc1nc(Cl)ccc1N1CC[C@@H](F)[C@H](O)C1. The molecule has 1 aromatic rings. The van der Waals surface area contributed by atoms with E-state index in [1.807, 2.05) is 0 Å². The molecule has 17 heavy (non-hydrogen) atoms. The number of anilines is 1. The van der Waals surface area contributed by atoms with E-state index >= 15 is 0 Å². The maximum Gasteiger partial charge on any atom is 0.170 e. The molecular weight excluding hydrogens is 247 g/mol. The lowest BCUT2D eigenvalue weighted by molar-refractivity contribution is 0.0644. The average Bonchev–Trinajstić information content (AvgIpc) is 2.32. The summed E-state index contributed by atoms with van der Waals surface area (Å²) in [6, 6.07) is 3.22. The number of rotatable bonds is 2. The molecule has 1 N–H and O–H groups in total. The van der Waals surface area contributed by atoms with Gasteiger partial charge in [0, 0.05) is 13.1 Å². The second kappa shape index (κ2) is 4.98. The highest BCUT2D eigenvalue weighted by molar-refractivity contribution is 6.29. The van der Waals surface area contributed by atoms with Gasteiger partial charge in [-0.3, -0.25) is 4.79 Å². The third-order valence-corrected chi connectivity index (χ3v) is 3.03. The van der Waals surface area contributed by atoms with Crippen LogP contribution in [0.3, 0.4) is 0 Å². The number of β-amino-alcohol motifs (C(OH)–C–C–N with tert-alkyl or cyclic N) is 1. The summed E-state index contributed by atoms with van der Waals surface area (Å²) in [5, 5.41) is 9.71. The van der Waals surface area contributed by atoms with E-state index in [9.17, 15) is 14.3 Å². The molecule has 2 heterocycles. The highest BCUT2D eigenvalue weighted by Gasteiger charge is 2.28. The van der Waals surface area contributed by atoms with Gasteiger partial charge in [-0.1, -0.05) is 11.6 Å². The monoisotopic (exact) mass is 258 g/mol. The minimum Gasteiger partial charge on any atom is -0.388 e. The predicted molar refractivity (Wildman–Crippen MR) is 62.4 cm³/mol. The molecule has 0 bridgehead atoms. The van der Waals surface area contributed by atoms with Crippen molar-refractivity contribution in [1.29, 1.82) is 0 Å². The lowest BCUT2D eigenvalue weighted by Crippen LogP contribution is -2.45. The number of piperidine rings is 1. The van der Waals surface area contributed by atoms with Gasteiger partial charge >= 0.3 is 0 Å². The summed E-state index contributed by atoms with van der Waals surface area (Å²) < 4.78 is 13.1. The van der Waals surface area contributed by atoms with E-state index in [0.29, 0.717) is 18.5 Å². The second-order valence-electron chi connectivity index (χ2n) is 3.97. The molecule has 0 spiro atoms. The molecule has 0 aromatic carbocycles. The predicted octanol–water partition coefficient (Wildman–Crippen LogP) is 1.46. The summed E-state index contributed by atoms with van der Waals surface area (Å²) in [5.74, 6) is 0. The van der Waals surface area contributed by atoms with E-state index in [1.165, 1.54) is 0 Å². The Labute approximate surface area is 103 Å². The normalized spacial score (nSPS) is 24.8. The Morgan fingerprint density at radius 1 is 1.59 bits per heavy atom. The van der Waals surface area contributed by atoms with Crippen molar-refractivity contribution in [1.82, 2.24) is 4.98 Å². The number of alkyl halides is 1. The molecule has 1 aliphatic rings. The fourth-order valence-corrected chi connectivity index (χ4v) is 2.07. The molecule has 0 aliphatic carbocycles. The molecule has 0 unspecified atom stereocenters. The highest BCUT2D eigenvalue weighted by atomic mass is 35.5. The van der Waals surface area contributed by atoms with Crippen molar-refractivity contribution in [2.24, 2.45) is 0 Å². The number of hydrogen-bond acceptors (Lipinski definition) is 4. The Hall–Kier alpha value is -1.20. The summed E-state index contributed by atoms with van der Waals surface area (Å²) in [5.41, 5.74) is 0.789. The highest BCUT2D eigenvalue weighted by Crippen LogP contribution is 2.24. The van der Waals surface area contributed by atoms with Gasteiger partial charge in [-0.25, -0.2) is 9.37 Å². The van der Waals surface area contributed by atoms with Crippen molar-refractivity contribution in [3.63, 3.8) is 0 Å². The quantitative estimate of drug-likeness (QED) is 0.645. The van der Waals surface area contributed by atoms with Crippen LogP contribution in [0.1, 0.15) is 16.9 Å². The number of nitrogens with zero attached hydrogens (tertiary/aromatic N) is 2. The number of aliphatic hydroxyl groups is 1. The van der Waals surface area contributed by atoms with Crippen LogP contribution in [0, 0.1) is 0 Å². The first-order valence-corrected chi connectivity index (χ1v) is 5.68. The molecule has 1 fully saturated rings. The topological polar surface area (TPSA) is 53.4 Å². The molecule has 0 amide bonds. The largest absolute Gasteiger partial charge is 0.388 e. The van der Waals surface area contributed by atoms with Crippen LogP contribution >= 0.6 is 11.6 Å². The van der Waals surface area contributed by atoms with Gasteiger partial charge in [0.15, 0.2) is 6.29 Å². The van der Waals surface area contributed by atoms with Gasteiger partial charge in [-0.05, 0) is 18.6 Å². The first-order valence-electron chi connectivity index (χ1n) is 5.30. The Morgan fingerprint density at radius 2 is 2.35 bits per heavy atom. The molecule has 4 nitrogen and oxygen atoms in total. The molecule has 1 saturated heterocycles. The third kappa shape index (κ3) is 2.56. The van der Waals surface area contributed by atoms with E-state index in [2.05, 4.69) is 4.98 Å². The number of pyridine rings is 1. The number of aromatic nitrogens is 1. The van der Waals surface area contributed by atoms with Crippen molar-refractivity contribution < 1.29 is 14.3 Å². The first-order chi connectivity index (χ1) is 8.11. The van der Waals surface area contributed by atoms with Crippen LogP contribution in [0.5, 0.6) is 0 Å². The summed E-state index contributed by atoms with van der Waals surface area (Å²) in [7, 11) is 0. The zero-order valence-electron chi connectivity index (χ0n) is 9.01. The summed E-state index contributed by atoms with van der Waals surface area (Å²) >= 11 is 5.69. The molecular formula is C11H12ClFN2O2. The van der Waals surface area contributed by atoms with Crippen molar-refractivity contribution in [2.75, 3.05) is 18.0 Å². The number of aldehydes is 1. The van der Waals surface area contributed by atoms with Crippen LogP contribution in [0.15, 0.2) is 12.1 Å². The smallest absolute Gasteiger partial charge is 0.170 e. The standard InChI is InChI=1S/C11H12ClFN2O2/c12-11-2-1-9(8(6-16)14-11)15-4-3-7(13)10(17)5-15/h1-2,6-7,10,17H,3-5H2/t7-,10-/m1/s1. The van der Waals surface area contributed by atoms with Gasteiger partial charge in [0.1, 0.15) is 23.1 Å². The van der Waals surface area contributed by atoms with Crippen molar-refractivity contribution in [3.05, 3.63) is 23.0 Å². The molecule has 6 heteroatoms. The maximum atomic E-state index is 13.1. The van der Waals surface area contributed by atoms with Gasteiger partial charge in [-0.15, -0.1) is 0 Å². The summed E-state index contributed by atoms with van der Waals surface area (Å²) in [4.78, 5) is 16.5. The Kier molecular flexibility index (Phi) is 3.59. The van der Waals surface area contributed by atoms with Gasteiger partial charge < -0.3 is 10.0 Å². The molecule has 92 valence electrons. The zero-order valence-corrected chi connectivity index (χ0v) is 9.77. The minimum absolute atomic E-state index is 0.158. The lowest BCUT2D eigenvalue weighted by Gasteiger charge is -2.34. The van der Waals surface area contributed by atoms with E-state index in [-0.39, 0.29) is 23.8 Å². The fourth-order valence-electron chi connectivity index (χ4n) is 1.92. The molecule has 0 radical (unpaired) electrons. The molecule has 2 rings (SSSR count). The Morgan fingerprint density at radius 3 is 3.00 bits per heavy atom. The Balaban J connectivity index is 2.25. The average molecular weight is 259 g/mol. The maximum absolute atomic E-state index is 13.1. The van der Waals surface area contributed by atoms with Crippen molar-refractivity contribution >= 4 is 23.6 Å². The van der Waals surface area contributed by atoms with Crippen LogP contribution in [0.4, 0.5) is 10.1 Å². The zero-order chi connectivity index (χ0) is 12.4. The summed E-state index contributed by atoms with van der Waals surface area (Å²) in [6.45, 7) is 0.605. The van der Waals surface area contributed by atoms with Gasteiger partial charge in [0.2, 0.25) is 0 Å². The first kappa shape index (κ1) is 12.3. The second-order valence-corrected chi connectivity index (χ2v) is 4.36. The van der Waals surface area contributed by atoms with Crippen LogP contribution in [0.25, 0.3) is 0 Å². The van der Waals surface area contributed by atoms with Crippen LogP contribution in [-0.2, 0) is 0 Å². The molecule has 2 atom stereocenters. The van der Waals surface area contributed by atoms with E-state index in [0.717, 1.165) is 0 Å². The van der Waals surface area contributed by atoms with Crippen molar-refractivity contribution in [3.8, 4) is 0 Å². The summed E-state index contributed by atoms with van der Waals surface area (Å²) in [6.07, 6.45) is -1.39. The number of aliphatic hydroxyl groups excluding tert-OH is 1. The molecule has 1 aromatic heterocycles. The van der Waals surface area contributed by atoms with Gasteiger partial charge in [0.05, 0.1) is 5.69 Å². The van der Waals surface area contributed by atoms with Crippen molar-refractivity contribution in [2.45, 2.75) is 18.7 Å². The fraction of sp³-hybridized carbons (Fsp3) is 0.455.